The fourth-order valence-corrected chi connectivity index (χ4v) is 4.04. The van der Waals surface area contributed by atoms with Crippen LogP contribution in [0.2, 0.25) is 0 Å². The van der Waals surface area contributed by atoms with E-state index in [1.54, 1.807) is 6.20 Å². The van der Waals surface area contributed by atoms with E-state index < -0.39 is 0 Å². The van der Waals surface area contributed by atoms with E-state index in [-0.39, 0.29) is 27.0 Å². The first-order valence-electron chi connectivity index (χ1n) is 5.15. The number of H-pyrrole nitrogens is 1. The summed E-state index contributed by atoms with van der Waals surface area (Å²) in [4.78, 5) is 7.42. The Balaban J connectivity index is 1.97. The normalized spacial score (nSPS) is 11.1. The molecule has 3 aromatic rings. The molecule has 0 aliphatic carbocycles. The molecule has 0 atom stereocenters. The molecule has 1 N–H and O–H groups in total. The Kier molecular flexibility index (Phi) is 2.80. The van der Waals surface area contributed by atoms with Crippen molar-refractivity contribution in [1.29, 1.82) is 0 Å². The van der Waals surface area contributed by atoms with Crippen LogP contribution in [0.5, 0.6) is 0 Å². The van der Waals surface area contributed by atoms with Crippen molar-refractivity contribution in [2.24, 2.45) is 0 Å². The molecular weight excluding hydrogens is 330 g/mol. The molecule has 1 aromatic carbocycles. The summed E-state index contributed by atoms with van der Waals surface area (Å²) >= 11 is -0.287. The van der Waals surface area contributed by atoms with Gasteiger partial charge in [-0.2, -0.15) is 0 Å². The second-order valence-corrected chi connectivity index (χ2v) is 6.51. The Labute approximate surface area is 108 Å². The summed E-state index contributed by atoms with van der Waals surface area (Å²) in [5.41, 5.74) is 0.921. The van der Waals surface area contributed by atoms with Crippen LogP contribution in [0.1, 0.15) is 0 Å². The number of halogens is 2. The molecule has 0 bridgehead atoms. The zero-order valence-electron chi connectivity index (χ0n) is 8.82. The van der Waals surface area contributed by atoms with Gasteiger partial charge < -0.3 is 0 Å². The van der Waals surface area contributed by atoms with Crippen LogP contribution in [0, 0.1) is 13.0 Å². The van der Waals surface area contributed by atoms with E-state index in [1.807, 2.05) is 24.4 Å². The van der Waals surface area contributed by atoms with Gasteiger partial charge in [0.2, 0.25) is 0 Å². The van der Waals surface area contributed by atoms with Crippen molar-refractivity contribution in [3.05, 3.63) is 61.7 Å². The molecule has 86 valence electrons. The number of fused-ring (bicyclic) bond motifs is 1. The summed E-state index contributed by atoms with van der Waals surface area (Å²) in [7, 11) is 0. The number of benzene rings is 1. The Morgan fingerprint density at radius 2 is 1.94 bits per heavy atom. The molecule has 2 heterocycles. The second-order valence-electron chi connectivity index (χ2n) is 3.57. The molecule has 17 heavy (non-hydrogen) atoms. The van der Waals surface area contributed by atoms with Gasteiger partial charge in [0, 0.05) is 0 Å². The van der Waals surface area contributed by atoms with Gasteiger partial charge in [0.1, 0.15) is 0 Å². The number of rotatable bonds is 2. The number of pyridine rings is 1. The van der Waals surface area contributed by atoms with E-state index >= 15 is 0 Å². The topological polar surface area (TPSA) is 28.7 Å². The summed E-state index contributed by atoms with van der Waals surface area (Å²) < 4.78 is 15.3. The molecule has 3 rings (SSSR count). The van der Waals surface area contributed by atoms with Gasteiger partial charge in [0.25, 0.3) is 0 Å². The van der Waals surface area contributed by atoms with Crippen molar-refractivity contribution >= 4 is 11.0 Å². The first kappa shape index (κ1) is 10.7. The van der Waals surface area contributed by atoms with Crippen molar-refractivity contribution in [2.45, 2.75) is 0 Å². The van der Waals surface area contributed by atoms with Gasteiger partial charge in [-0.3, -0.25) is 0 Å². The molecule has 0 unspecified atom stereocenters. The molecule has 0 aliphatic heterocycles. The number of aromatic nitrogens is 2. The Morgan fingerprint density at radius 3 is 2.76 bits per heavy atom. The van der Waals surface area contributed by atoms with Gasteiger partial charge in [0.05, 0.1) is 0 Å². The van der Waals surface area contributed by atoms with Crippen LogP contribution in [0.4, 0.5) is 4.39 Å². The molecule has 0 saturated carbocycles. The van der Waals surface area contributed by atoms with E-state index in [0.29, 0.717) is 0 Å². The number of nitrogens with one attached hydrogen (secondary N) is 1. The number of hydrogen-bond acceptors (Lipinski definition) is 1. The SMILES string of the molecule is Fc1ccc([I-]c2c[nH]c3ncccc23)cc1. The van der Waals surface area contributed by atoms with Crippen molar-refractivity contribution < 1.29 is 25.6 Å². The average molecular weight is 339 g/mol. The Bertz CT molecular complexity index is 646. The minimum absolute atomic E-state index is 0.182. The minimum atomic E-state index is -0.287. The Hall–Kier alpha value is -1.43. The number of hydrogen-bond donors (Lipinski definition) is 1. The van der Waals surface area contributed by atoms with Crippen molar-refractivity contribution in [1.82, 2.24) is 9.97 Å². The van der Waals surface area contributed by atoms with Crippen molar-refractivity contribution in [2.75, 3.05) is 0 Å². The quantitative estimate of drug-likeness (QED) is 0.646. The predicted octanol–water partition coefficient (Wildman–Crippen LogP) is -0.170. The van der Waals surface area contributed by atoms with E-state index in [0.717, 1.165) is 5.65 Å². The zero-order valence-corrected chi connectivity index (χ0v) is 11.0. The van der Waals surface area contributed by atoms with Gasteiger partial charge in [-0.1, -0.05) is 0 Å². The number of nitrogens with zero attached hydrogens (tertiary/aromatic N) is 1. The van der Waals surface area contributed by atoms with Crippen LogP contribution in [-0.4, -0.2) is 9.97 Å². The van der Waals surface area contributed by atoms with Crippen LogP contribution in [0.15, 0.2) is 48.8 Å². The monoisotopic (exact) mass is 339 g/mol. The second kappa shape index (κ2) is 4.44. The molecule has 0 amide bonds. The maximum atomic E-state index is 12.8. The molecule has 2 nitrogen and oxygen atoms in total. The molecule has 0 radical (unpaired) electrons. The summed E-state index contributed by atoms with van der Waals surface area (Å²) in [5, 5.41) is 1.17. The Morgan fingerprint density at radius 1 is 1.12 bits per heavy atom. The first-order chi connectivity index (χ1) is 8.33. The van der Waals surface area contributed by atoms with Crippen LogP contribution >= 0.6 is 0 Å². The molecule has 0 spiro atoms. The van der Waals surface area contributed by atoms with Crippen LogP contribution in [-0.2, 0) is 0 Å². The van der Waals surface area contributed by atoms with E-state index in [9.17, 15) is 4.39 Å². The molecule has 0 saturated heterocycles. The van der Waals surface area contributed by atoms with Crippen LogP contribution in [0.3, 0.4) is 0 Å². The molecular formula is C13H9FIN2-. The summed E-state index contributed by atoms with van der Waals surface area (Å²) in [6.07, 6.45) is 3.78. The van der Waals surface area contributed by atoms with Gasteiger partial charge in [-0.25, -0.2) is 0 Å². The van der Waals surface area contributed by atoms with Crippen molar-refractivity contribution in [3.8, 4) is 0 Å². The zero-order chi connectivity index (χ0) is 11.7. The molecule has 0 aliphatic rings. The fraction of sp³-hybridized carbons (Fsp3) is 0. The third-order valence-electron chi connectivity index (χ3n) is 2.42. The van der Waals surface area contributed by atoms with Gasteiger partial charge in [-0.15, -0.1) is 0 Å². The third-order valence-corrected chi connectivity index (χ3v) is 5.23. The standard InChI is InChI=1S/C13H9FIN2/c14-9-3-5-10(6-4-9)15-12-8-17-13-11(12)2-1-7-16-13/h1-8H,(H,16,17)/q-1. The molecule has 4 heteroatoms. The third kappa shape index (κ3) is 2.17. The molecule has 2 aromatic heterocycles. The summed E-state index contributed by atoms with van der Waals surface area (Å²) in [5.74, 6) is -0.182. The van der Waals surface area contributed by atoms with Crippen molar-refractivity contribution in [3.63, 3.8) is 0 Å². The van der Waals surface area contributed by atoms with E-state index in [1.165, 1.54) is 24.7 Å². The fourth-order valence-electron chi connectivity index (χ4n) is 1.61. The first-order valence-corrected chi connectivity index (χ1v) is 7.31. The molecule has 0 fully saturated rings. The van der Waals surface area contributed by atoms with Gasteiger partial charge >= 0.3 is 108 Å². The van der Waals surface area contributed by atoms with Crippen LogP contribution < -0.4 is 21.2 Å². The van der Waals surface area contributed by atoms with Crippen LogP contribution in [0.25, 0.3) is 11.0 Å². The van der Waals surface area contributed by atoms with E-state index in [2.05, 4.69) is 16.0 Å². The number of aromatic amines is 1. The van der Waals surface area contributed by atoms with E-state index in [4.69, 9.17) is 0 Å². The summed E-state index contributed by atoms with van der Waals surface area (Å²) in [6.45, 7) is 0. The maximum absolute atomic E-state index is 12.8. The average Bonchev–Trinajstić information content (AvgIpc) is 2.76. The predicted molar refractivity (Wildman–Crippen MR) is 59.9 cm³/mol. The summed E-state index contributed by atoms with van der Waals surface area (Å²) in [6, 6.07) is 10.8. The van der Waals surface area contributed by atoms with Gasteiger partial charge in [-0.05, 0) is 0 Å². The van der Waals surface area contributed by atoms with Gasteiger partial charge in [0.15, 0.2) is 0 Å².